The van der Waals surface area contributed by atoms with Gasteiger partial charge >= 0.3 is 5.97 Å². The molecule has 0 spiro atoms. The molecule has 1 saturated heterocycles. The van der Waals surface area contributed by atoms with Crippen molar-refractivity contribution in [1.82, 2.24) is 31.4 Å². The van der Waals surface area contributed by atoms with Crippen molar-refractivity contribution in [2.75, 3.05) is 39.5 Å². The van der Waals surface area contributed by atoms with Crippen molar-refractivity contribution >= 4 is 41.4 Å². The van der Waals surface area contributed by atoms with Gasteiger partial charge in [0.25, 0.3) is 11.8 Å². The fraction of sp³-hybridized carbons (Fsp3) is 0.629. The number of hydrogen-bond acceptors (Lipinski definition) is 12. The number of nitrogens with one attached hydrogen (secondary N) is 4. The molecule has 0 aromatic heterocycles. The molecule has 18 heteroatoms. The molecule has 53 heavy (non-hydrogen) atoms. The van der Waals surface area contributed by atoms with E-state index in [1.54, 1.807) is 20.8 Å². The minimum Gasteiger partial charge on any atom is -0.464 e. The molecule has 298 valence electrons. The summed E-state index contributed by atoms with van der Waals surface area (Å²) in [5.74, 6) is -3.66. The molecule has 6 amide bonds. The highest BCUT2D eigenvalue weighted by Crippen LogP contribution is 2.10. The minimum atomic E-state index is -1.01. The van der Waals surface area contributed by atoms with Crippen LogP contribution in [-0.4, -0.2) is 130 Å². The zero-order chi connectivity index (χ0) is 39.9. The van der Waals surface area contributed by atoms with Gasteiger partial charge in [-0.15, -0.1) is 0 Å². The lowest BCUT2D eigenvalue weighted by Gasteiger charge is -2.30. The average Bonchev–Trinajstić information content (AvgIpc) is 3.07. The van der Waals surface area contributed by atoms with Gasteiger partial charge in [-0.25, -0.2) is 14.9 Å². The Morgan fingerprint density at radius 2 is 1.25 bits per heavy atom. The van der Waals surface area contributed by atoms with E-state index in [1.807, 2.05) is 0 Å². The summed E-state index contributed by atoms with van der Waals surface area (Å²) in [6, 6.07) is -2.61. The van der Waals surface area contributed by atoms with Crippen LogP contribution in [-0.2, 0) is 38.3 Å². The van der Waals surface area contributed by atoms with Crippen molar-refractivity contribution in [3.63, 3.8) is 0 Å². The van der Waals surface area contributed by atoms with Crippen molar-refractivity contribution in [3.05, 3.63) is 34.9 Å². The number of hydrogen-bond donors (Lipinski definition) is 8. The summed E-state index contributed by atoms with van der Waals surface area (Å²) in [7, 11) is 0. The van der Waals surface area contributed by atoms with E-state index in [0.717, 1.165) is 0 Å². The van der Waals surface area contributed by atoms with Gasteiger partial charge in [0.1, 0.15) is 18.1 Å². The summed E-state index contributed by atoms with van der Waals surface area (Å²) in [5, 5.41) is 49.2. The Labute approximate surface area is 309 Å². The molecule has 8 N–H and O–H groups in total. The van der Waals surface area contributed by atoms with Crippen LogP contribution in [0.5, 0.6) is 0 Å². The first-order chi connectivity index (χ1) is 25.1. The van der Waals surface area contributed by atoms with Crippen LogP contribution in [0.1, 0.15) is 85.5 Å². The van der Waals surface area contributed by atoms with Gasteiger partial charge in [-0.05, 0) is 72.1 Å². The second kappa shape index (κ2) is 25.3. The maximum Gasteiger partial charge on any atom is 0.328 e. The van der Waals surface area contributed by atoms with E-state index < -0.39 is 53.6 Å². The van der Waals surface area contributed by atoms with Gasteiger partial charge in [-0.3, -0.25) is 39.2 Å². The Bertz CT molecular complexity index is 1360. The van der Waals surface area contributed by atoms with Crippen molar-refractivity contribution in [2.24, 2.45) is 0 Å². The van der Waals surface area contributed by atoms with Crippen LogP contribution >= 0.6 is 0 Å². The molecular weight excluding hydrogens is 696 g/mol. The fourth-order valence-electron chi connectivity index (χ4n) is 5.03. The largest absolute Gasteiger partial charge is 0.464 e. The quantitative estimate of drug-likeness (QED) is 0.0211. The number of carbonyl (C=O) groups excluding carboxylic acids is 7. The average molecular weight is 753 g/mol. The molecule has 0 saturated carbocycles. The van der Waals surface area contributed by atoms with E-state index in [9.17, 15) is 44.0 Å². The van der Waals surface area contributed by atoms with E-state index in [0.29, 0.717) is 39.7 Å². The van der Waals surface area contributed by atoms with Crippen molar-refractivity contribution in [2.45, 2.75) is 104 Å². The van der Waals surface area contributed by atoms with Crippen LogP contribution in [0.4, 0.5) is 0 Å². The number of ether oxygens (including phenoxy) is 1. The Balaban J connectivity index is 2.40. The Kier molecular flexibility index (Phi) is 22.2. The number of rotatable bonds is 24. The lowest BCUT2D eigenvalue weighted by atomic mass is 10.0. The first-order valence-electron chi connectivity index (χ1n) is 17.6. The van der Waals surface area contributed by atoms with Crippen LogP contribution < -0.4 is 21.3 Å². The molecule has 0 bridgehead atoms. The number of esters is 1. The van der Waals surface area contributed by atoms with E-state index in [4.69, 9.17) is 14.9 Å². The maximum atomic E-state index is 12.6. The van der Waals surface area contributed by atoms with Gasteiger partial charge < -0.3 is 36.2 Å². The van der Waals surface area contributed by atoms with Crippen molar-refractivity contribution in [1.29, 1.82) is 0 Å². The van der Waals surface area contributed by atoms with Crippen LogP contribution in [0.15, 0.2) is 34.9 Å². The highest BCUT2D eigenvalue weighted by atomic mass is 16.5. The molecular formula is C35H56N6O12. The zero-order valence-corrected chi connectivity index (χ0v) is 31.0. The van der Waals surface area contributed by atoms with E-state index >= 15 is 0 Å². The summed E-state index contributed by atoms with van der Waals surface area (Å²) in [6.45, 7) is 5.96. The SMILES string of the molecule is CC(=O)NC(CCCN(O)C(=O)C=C(C)CCO)C(=O)OCCC(C)=CC(=O)NCCCC1NC(=O)C(CCCN(O)C(=O)C=C(C)CCO)NC1=O. The lowest BCUT2D eigenvalue weighted by molar-refractivity contribution is -0.160. The predicted molar refractivity (Wildman–Crippen MR) is 189 cm³/mol. The van der Waals surface area contributed by atoms with Crippen molar-refractivity contribution < 1.29 is 58.9 Å². The highest BCUT2D eigenvalue weighted by molar-refractivity contribution is 5.97. The van der Waals surface area contributed by atoms with Gasteiger partial charge in [-0.1, -0.05) is 16.7 Å². The molecule has 1 aliphatic rings. The summed E-state index contributed by atoms with van der Waals surface area (Å²) in [5.41, 5.74) is 1.81. The number of aliphatic hydroxyl groups is 2. The van der Waals surface area contributed by atoms with Crippen LogP contribution in [0.25, 0.3) is 0 Å². The van der Waals surface area contributed by atoms with E-state index in [-0.39, 0.29) is 90.3 Å². The first-order valence-corrected chi connectivity index (χ1v) is 17.6. The third-order valence-corrected chi connectivity index (χ3v) is 8.00. The Morgan fingerprint density at radius 3 is 1.75 bits per heavy atom. The number of hydroxylamine groups is 4. The number of nitrogens with zero attached hydrogens (tertiary/aromatic N) is 2. The van der Waals surface area contributed by atoms with Crippen LogP contribution in [0.2, 0.25) is 0 Å². The molecule has 3 atom stereocenters. The Hall–Kier alpha value is -4.65. The highest BCUT2D eigenvalue weighted by Gasteiger charge is 2.33. The third-order valence-electron chi connectivity index (χ3n) is 8.00. The number of amides is 6. The summed E-state index contributed by atoms with van der Waals surface area (Å²) in [4.78, 5) is 85.7. The van der Waals surface area contributed by atoms with E-state index in [1.165, 1.54) is 25.2 Å². The molecule has 0 aliphatic carbocycles. The summed E-state index contributed by atoms with van der Waals surface area (Å²) >= 11 is 0. The van der Waals surface area contributed by atoms with Gasteiger partial charge in [0.15, 0.2) is 0 Å². The minimum absolute atomic E-state index is 0.0501. The second-order valence-corrected chi connectivity index (χ2v) is 12.9. The molecule has 1 rings (SSSR count). The number of carbonyl (C=O) groups is 7. The van der Waals surface area contributed by atoms with Crippen molar-refractivity contribution in [3.8, 4) is 0 Å². The van der Waals surface area contributed by atoms with Gasteiger partial charge in [0, 0.05) is 64.4 Å². The van der Waals surface area contributed by atoms with Gasteiger partial charge in [0.2, 0.25) is 23.6 Å². The summed E-state index contributed by atoms with van der Waals surface area (Å²) < 4.78 is 5.28. The molecule has 0 aromatic rings. The number of piperazine rings is 1. The maximum absolute atomic E-state index is 12.6. The van der Waals surface area contributed by atoms with E-state index in [2.05, 4.69) is 21.3 Å². The summed E-state index contributed by atoms with van der Waals surface area (Å²) in [6.07, 6.45) is 5.95. The van der Waals surface area contributed by atoms with Gasteiger partial charge in [-0.2, -0.15) is 0 Å². The molecule has 0 aromatic carbocycles. The topological polar surface area (TPSA) is 264 Å². The first kappa shape index (κ1) is 46.4. The molecule has 0 radical (unpaired) electrons. The van der Waals surface area contributed by atoms with Gasteiger partial charge in [0.05, 0.1) is 6.61 Å². The zero-order valence-electron chi connectivity index (χ0n) is 31.0. The molecule has 1 fully saturated rings. The number of aliphatic hydroxyl groups excluding tert-OH is 2. The van der Waals surface area contributed by atoms with Crippen LogP contribution in [0, 0.1) is 0 Å². The standard InChI is InChI=1S/C35H56N6O12/c1-23(11-17-42)21-31(46)40(51)15-6-9-28-34(49)38-27(33(48)39-28)8-5-14-36-30(45)20-25(3)13-19-53-35(50)29(37-26(4)44)10-7-16-41(52)32(47)22-24(2)12-18-43/h20-22,27-29,42-43,51-52H,5-19H2,1-4H3,(H,36,45)(H,37,44)(H,38,49)(H,39,48). The third kappa shape index (κ3) is 19.7. The second-order valence-electron chi connectivity index (χ2n) is 12.9. The predicted octanol–water partition coefficient (Wildman–Crippen LogP) is -0.0963. The van der Waals surface area contributed by atoms with Crippen LogP contribution in [0.3, 0.4) is 0 Å². The molecule has 1 aliphatic heterocycles. The normalized spacial score (nSPS) is 16.9. The molecule has 3 unspecified atom stereocenters. The molecule has 18 nitrogen and oxygen atoms in total. The Morgan fingerprint density at radius 1 is 0.755 bits per heavy atom. The monoisotopic (exact) mass is 752 g/mol. The lowest BCUT2D eigenvalue weighted by Crippen LogP contribution is -2.61. The smallest absolute Gasteiger partial charge is 0.328 e. The fourth-order valence-corrected chi connectivity index (χ4v) is 5.03. The molecule has 1 heterocycles.